The molecule has 10 heteroatoms. The second kappa shape index (κ2) is 8.41. The van der Waals surface area contributed by atoms with Gasteiger partial charge in [-0.3, -0.25) is 14.9 Å². The number of halogens is 1. The summed E-state index contributed by atoms with van der Waals surface area (Å²) < 4.78 is 5.52. The van der Waals surface area contributed by atoms with E-state index < -0.39 is 10.8 Å². The Kier molecular flexibility index (Phi) is 5.96. The Morgan fingerprint density at radius 1 is 1.25 bits per heavy atom. The van der Waals surface area contributed by atoms with Gasteiger partial charge in [0.25, 0.3) is 10.9 Å². The molecule has 0 aliphatic heterocycles. The Labute approximate surface area is 169 Å². The lowest BCUT2D eigenvalue weighted by molar-refractivity contribution is -0.384. The molecule has 0 aliphatic carbocycles. The average molecular weight is 419 g/mol. The van der Waals surface area contributed by atoms with Crippen molar-refractivity contribution in [3.8, 4) is 11.5 Å². The van der Waals surface area contributed by atoms with Gasteiger partial charge in [-0.15, -0.1) is 10.2 Å². The predicted octanol–water partition coefficient (Wildman–Crippen LogP) is 4.65. The number of thioether (sulfide) groups is 1. The molecular formula is C18H15ClN4O4S. The van der Waals surface area contributed by atoms with Crippen LogP contribution in [-0.4, -0.2) is 26.8 Å². The van der Waals surface area contributed by atoms with Gasteiger partial charge in [-0.05, 0) is 49.2 Å². The third-order valence-corrected chi connectivity index (χ3v) is 4.81. The number of aromatic nitrogens is 2. The summed E-state index contributed by atoms with van der Waals surface area (Å²) >= 11 is 6.89. The molecule has 0 unspecified atom stereocenters. The lowest BCUT2D eigenvalue weighted by atomic mass is 10.1. The summed E-state index contributed by atoms with van der Waals surface area (Å²) in [6.45, 7) is 3.47. The summed E-state index contributed by atoms with van der Waals surface area (Å²) in [5, 5.41) is 22.5. The molecule has 0 radical (unpaired) electrons. The highest BCUT2D eigenvalue weighted by atomic mass is 35.5. The third kappa shape index (κ3) is 4.68. The van der Waals surface area contributed by atoms with Crippen molar-refractivity contribution in [1.29, 1.82) is 0 Å². The molecule has 1 heterocycles. The lowest BCUT2D eigenvalue weighted by Gasteiger charge is -2.09. The zero-order valence-corrected chi connectivity index (χ0v) is 16.5. The van der Waals surface area contributed by atoms with Gasteiger partial charge in [-0.1, -0.05) is 29.4 Å². The molecule has 0 saturated heterocycles. The largest absolute Gasteiger partial charge is 0.411 e. The summed E-state index contributed by atoms with van der Waals surface area (Å²) in [7, 11) is 0. The summed E-state index contributed by atoms with van der Waals surface area (Å²) in [6.07, 6.45) is 0. The van der Waals surface area contributed by atoms with E-state index in [-0.39, 0.29) is 22.4 Å². The molecular weight excluding hydrogens is 404 g/mol. The van der Waals surface area contributed by atoms with Crippen LogP contribution >= 0.6 is 23.4 Å². The Hall–Kier alpha value is -2.91. The van der Waals surface area contributed by atoms with Crippen LogP contribution in [0.2, 0.25) is 5.02 Å². The fourth-order valence-corrected chi connectivity index (χ4v) is 3.22. The van der Waals surface area contributed by atoms with Crippen LogP contribution in [0.4, 0.5) is 11.4 Å². The summed E-state index contributed by atoms with van der Waals surface area (Å²) in [5.41, 5.74) is 2.12. The van der Waals surface area contributed by atoms with E-state index in [0.29, 0.717) is 22.0 Å². The number of hydrogen-bond donors (Lipinski definition) is 1. The number of rotatable bonds is 6. The number of nitrogens with one attached hydrogen (secondary N) is 1. The number of benzene rings is 2. The number of hydrogen-bond acceptors (Lipinski definition) is 7. The quantitative estimate of drug-likeness (QED) is 0.352. The topological polar surface area (TPSA) is 111 Å². The van der Waals surface area contributed by atoms with Crippen LogP contribution in [0.1, 0.15) is 11.1 Å². The Morgan fingerprint density at radius 3 is 2.64 bits per heavy atom. The second-order valence-electron chi connectivity index (χ2n) is 5.95. The maximum absolute atomic E-state index is 12.3. The van der Waals surface area contributed by atoms with E-state index in [1.54, 1.807) is 44.2 Å². The number of anilines is 1. The number of carbonyl (C=O) groups is 1. The normalized spacial score (nSPS) is 10.7. The highest BCUT2D eigenvalue weighted by Crippen LogP contribution is 2.30. The Morgan fingerprint density at radius 2 is 1.96 bits per heavy atom. The zero-order valence-electron chi connectivity index (χ0n) is 14.9. The number of nitrogens with zero attached hydrogens (tertiary/aromatic N) is 3. The lowest BCUT2D eigenvalue weighted by Crippen LogP contribution is -2.16. The van der Waals surface area contributed by atoms with Crippen LogP contribution in [0.5, 0.6) is 0 Å². The summed E-state index contributed by atoms with van der Waals surface area (Å²) in [6, 6.07) is 10.1. The molecule has 0 bridgehead atoms. The van der Waals surface area contributed by atoms with Gasteiger partial charge >= 0.3 is 0 Å². The molecule has 144 valence electrons. The molecule has 0 fully saturated rings. The van der Waals surface area contributed by atoms with Crippen molar-refractivity contribution < 1.29 is 14.1 Å². The summed E-state index contributed by atoms with van der Waals surface area (Å²) in [4.78, 5) is 23.0. The van der Waals surface area contributed by atoms with Crippen molar-refractivity contribution >= 4 is 40.6 Å². The first-order valence-electron chi connectivity index (χ1n) is 8.11. The van der Waals surface area contributed by atoms with Gasteiger partial charge in [-0.25, -0.2) is 0 Å². The van der Waals surface area contributed by atoms with Gasteiger partial charge in [0.1, 0.15) is 5.69 Å². The minimum atomic E-state index is -0.515. The highest BCUT2D eigenvalue weighted by Gasteiger charge is 2.19. The smallest absolute Gasteiger partial charge is 0.293 e. The number of nitro groups is 1. The van der Waals surface area contributed by atoms with Gasteiger partial charge in [-0.2, -0.15) is 0 Å². The zero-order chi connectivity index (χ0) is 20.3. The van der Waals surface area contributed by atoms with Gasteiger partial charge in [0, 0.05) is 16.7 Å². The van der Waals surface area contributed by atoms with Crippen molar-refractivity contribution in [1.82, 2.24) is 10.2 Å². The number of amides is 1. The van der Waals surface area contributed by atoms with Crippen LogP contribution in [0.3, 0.4) is 0 Å². The molecule has 2 aromatic carbocycles. The van der Waals surface area contributed by atoms with E-state index in [4.69, 9.17) is 16.0 Å². The molecule has 0 saturated carbocycles. The minimum Gasteiger partial charge on any atom is -0.411 e. The second-order valence-corrected chi connectivity index (χ2v) is 7.31. The van der Waals surface area contributed by atoms with Crippen molar-refractivity contribution in [2.24, 2.45) is 0 Å². The predicted molar refractivity (Wildman–Crippen MR) is 107 cm³/mol. The molecule has 1 aromatic heterocycles. The van der Waals surface area contributed by atoms with Gasteiger partial charge in [0.15, 0.2) is 0 Å². The average Bonchev–Trinajstić information content (AvgIpc) is 3.11. The highest BCUT2D eigenvalue weighted by molar-refractivity contribution is 7.99. The fraction of sp³-hybridized carbons (Fsp3) is 0.167. The van der Waals surface area contributed by atoms with E-state index in [0.717, 1.165) is 17.3 Å². The van der Waals surface area contributed by atoms with Gasteiger partial charge < -0.3 is 9.73 Å². The van der Waals surface area contributed by atoms with Crippen molar-refractivity contribution in [3.63, 3.8) is 0 Å². The van der Waals surface area contributed by atoms with Crippen molar-refractivity contribution in [3.05, 3.63) is 62.7 Å². The van der Waals surface area contributed by atoms with Crippen molar-refractivity contribution in [2.75, 3.05) is 11.1 Å². The van der Waals surface area contributed by atoms with E-state index in [2.05, 4.69) is 15.5 Å². The maximum atomic E-state index is 12.3. The van der Waals surface area contributed by atoms with Gasteiger partial charge in [0.2, 0.25) is 11.8 Å². The number of carbonyl (C=O) groups excluding carboxylic acids is 1. The summed E-state index contributed by atoms with van der Waals surface area (Å²) in [5.74, 6) is -0.136. The minimum absolute atomic E-state index is 0.0350. The van der Waals surface area contributed by atoms with Crippen LogP contribution in [0.15, 0.2) is 46.0 Å². The van der Waals surface area contributed by atoms with Gasteiger partial charge in [0.05, 0.1) is 10.7 Å². The van der Waals surface area contributed by atoms with E-state index in [1.165, 1.54) is 6.07 Å². The van der Waals surface area contributed by atoms with Crippen molar-refractivity contribution in [2.45, 2.75) is 19.1 Å². The molecule has 0 spiro atoms. The van der Waals surface area contributed by atoms with E-state index in [1.807, 2.05) is 0 Å². The Balaban J connectivity index is 1.66. The molecule has 1 amide bonds. The number of aryl methyl sites for hydroxylation is 2. The van der Waals surface area contributed by atoms with Crippen LogP contribution < -0.4 is 5.32 Å². The van der Waals surface area contributed by atoms with Crippen LogP contribution in [0, 0.1) is 24.0 Å². The molecule has 1 N–H and O–H groups in total. The van der Waals surface area contributed by atoms with E-state index >= 15 is 0 Å². The third-order valence-electron chi connectivity index (χ3n) is 3.74. The van der Waals surface area contributed by atoms with Crippen LogP contribution in [0.25, 0.3) is 11.5 Å². The molecule has 8 nitrogen and oxygen atoms in total. The molecule has 0 atom stereocenters. The molecule has 28 heavy (non-hydrogen) atoms. The number of nitro benzene ring substituents is 1. The molecule has 3 aromatic rings. The maximum Gasteiger partial charge on any atom is 0.293 e. The SMILES string of the molecule is Cc1cc(C)c(NC(=O)CSc2nnc(-c3ccc(Cl)cc3)o2)c([N+](=O)[O-])c1. The van der Waals surface area contributed by atoms with E-state index in [9.17, 15) is 14.9 Å². The first-order chi connectivity index (χ1) is 13.3. The standard InChI is InChI=1S/C18H15ClN4O4S/c1-10-7-11(2)16(14(8-10)23(25)26)20-15(24)9-28-18-22-21-17(27-18)12-3-5-13(19)6-4-12/h3-8H,9H2,1-2H3,(H,20,24). The first kappa shape index (κ1) is 19.8. The Bertz CT molecular complexity index is 1040. The fourth-order valence-electron chi connectivity index (χ4n) is 2.53. The monoisotopic (exact) mass is 418 g/mol. The molecule has 3 rings (SSSR count). The molecule has 0 aliphatic rings. The first-order valence-corrected chi connectivity index (χ1v) is 9.47. The van der Waals surface area contributed by atoms with Crippen LogP contribution in [-0.2, 0) is 4.79 Å².